The second kappa shape index (κ2) is 7.40. The number of hydrogen-bond donors (Lipinski definition) is 1. The maximum absolute atomic E-state index is 12.3. The number of aliphatic carboxylic acids is 1. The molecule has 2 rings (SSSR count). The molecule has 5 heteroatoms. The summed E-state index contributed by atoms with van der Waals surface area (Å²) in [6, 6.07) is 7.72. The van der Waals surface area contributed by atoms with Crippen molar-refractivity contribution in [1.82, 2.24) is 9.80 Å². The molecule has 1 saturated heterocycles. The lowest BCUT2D eigenvalue weighted by Gasteiger charge is -2.24. The first-order valence-corrected chi connectivity index (χ1v) is 7.80. The Balaban J connectivity index is 1.90. The number of likely N-dealkylation sites (N-methyl/N-ethyl adjacent to an activating group) is 1. The van der Waals surface area contributed by atoms with E-state index in [0.717, 1.165) is 18.4 Å². The molecule has 1 fully saturated rings. The van der Waals surface area contributed by atoms with E-state index < -0.39 is 12.0 Å². The molecule has 1 amide bonds. The first-order chi connectivity index (χ1) is 10.5. The van der Waals surface area contributed by atoms with Gasteiger partial charge in [0, 0.05) is 13.6 Å². The van der Waals surface area contributed by atoms with Crippen molar-refractivity contribution in [1.29, 1.82) is 0 Å². The molecule has 0 radical (unpaired) electrons. The van der Waals surface area contributed by atoms with Crippen molar-refractivity contribution < 1.29 is 14.7 Å². The first-order valence-electron chi connectivity index (χ1n) is 7.80. The van der Waals surface area contributed by atoms with Gasteiger partial charge in [0.2, 0.25) is 5.91 Å². The zero-order valence-corrected chi connectivity index (χ0v) is 13.3. The summed E-state index contributed by atoms with van der Waals surface area (Å²) in [6.45, 7) is 3.52. The minimum atomic E-state index is -0.830. The van der Waals surface area contributed by atoms with Gasteiger partial charge in [0.1, 0.15) is 6.04 Å². The fourth-order valence-electron chi connectivity index (χ4n) is 2.83. The van der Waals surface area contributed by atoms with Crippen molar-refractivity contribution in [2.24, 2.45) is 0 Å². The monoisotopic (exact) mass is 304 g/mol. The van der Waals surface area contributed by atoms with Gasteiger partial charge < -0.3 is 10.0 Å². The molecular weight excluding hydrogens is 280 g/mol. The van der Waals surface area contributed by atoms with Gasteiger partial charge in [-0.05, 0) is 36.9 Å². The minimum absolute atomic E-state index is 0.0345. The van der Waals surface area contributed by atoms with Crippen LogP contribution in [0, 0.1) is 0 Å². The smallest absolute Gasteiger partial charge is 0.320 e. The molecule has 0 aliphatic carbocycles. The van der Waals surface area contributed by atoms with Gasteiger partial charge in [-0.3, -0.25) is 14.5 Å². The van der Waals surface area contributed by atoms with E-state index >= 15 is 0 Å². The Morgan fingerprint density at radius 3 is 2.50 bits per heavy atom. The Kier molecular flexibility index (Phi) is 5.55. The summed E-state index contributed by atoms with van der Waals surface area (Å²) in [6.07, 6.45) is 2.47. The summed E-state index contributed by atoms with van der Waals surface area (Å²) in [5.74, 6) is -0.865. The third kappa shape index (κ3) is 4.07. The maximum atomic E-state index is 12.3. The third-order valence-corrected chi connectivity index (χ3v) is 4.26. The van der Waals surface area contributed by atoms with Crippen LogP contribution in [0.4, 0.5) is 0 Å². The van der Waals surface area contributed by atoms with Crippen molar-refractivity contribution >= 4 is 11.9 Å². The molecule has 1 heterocycles. The van der Waals surface area contributed by atoms with Crippen LogP contribution in [0.3, 0.4) is 0 Å². The molecule has 0 bridgehead atoms. The topological polar surface area (TPSA) is 60.9 Å². The highest BCUT2D eigenvalue weighted by atomic mass is 16.4. The highest BCUT2D eigenvalue weighted by Crippen LogP contribution is 2.17. The number of hydrogen-bond acceptors (Lipinski definition) is 3. The molecular formula is C17H24N2O3. The van der Waals surface area contributed by atoms with Crippen LogP contribution in [0.2, 0.25) is 0 Å². The molecule has 0 unspecified atom stereocenters. The Morgan fingerprint density at radius 2 is 1.91 bits per heavy atom. The van der Waals surface area contributed by atoms with Gasteiger partial charge in [0.15, 0.2) is 0 Å². The second-order valence-electron chi connectivity index (χ2n) is 5.89. The fraction of sp³-hybridized carbons (Fsp3) is 0.529. The van der Waals surface area contributed by atoms with Crippen molar-refractivity contribution in [2.45, 2.75) is 38.8 Å². The Labute approximate surface area is 131 Å². The van der Waals surface area contributed by atoms with E-state index in [1.165, 1.54) is 5.56 Å². The predicted molar refractivity (Wildman–Crippen MR) is 84.5 cm³/mol. The number of nitrogens with zero attached hydrogens (tertiary/aromatic N) is 2. The number of carbonyl (C=O) groups excluding carboxylic acids is 1. The molecule has 0 spiro atoms. The average molecular weight is 304 g/mol. The molecule has 120 valence electrons. The van der Waals surface area contributed by atoms with Gasteiger partial charge in [-0.15, -0.1) is 0 Å². The zero-order valence-electron chi connectivity index (χ0n) is 13.3. The third-order valence-electron chi connectivity index (χ3n) is 4.26. The average Bonchev–Trinajstić information content (AvgIpc) is 2.96. The molecule has 0 saturated carbocycles. The van der Waals surface area contributed by atoms with E-state index in [1.807, 2.05) is 12.1 Å². The number of rotatable bonds is 6. The second-order valence-corrected chi connectivity index (χ2v) is 5.89. The lowest BCUT2D eigenvalue weighted by atomic mass is 10.1. The summed E-state index contributed by atoms with van der Waals surface area (Å²) < 4.78 is 0. The SMILES string of the molecule is CCc1ccc(CN(C)C(=O)CN2CCC[C@@H]2C(=O)O)cc1. The van der Waals surface area contributed by atoms with Crippen LogP contribution in [-0.4, -0.2) is 53.0 Å². The normalized spacial score (nSPS) is 18.4. The van der Waals surface area contributed by atoms with Gasteiger partial charge in [0.05, 0.1) is 6.54 Å². The van der Waals surface area contributed by atoms with Crippen molar-refractivity contribution in [2.75, 3.05) is 20.1 Å². The number of amides is 1. The van der Waals surface area contributed by atoms with Crippen molar-refractivity contribution in [3.05, 3.63) is 35.4 Å². The molecule has 1 N–H and O–H groups in total. The van der Waals surface area contributed by atoms with Gasteiger partial charge in [0.25, 0.3) is 0 Å². The summed E-state index contributed by atoms with van der Waals surface area (Å²) in [7, 11) is 1.77. The molecule has 0 aromatic heterocycles. The van der Waals surface area contributed by atoms with Gasteiger partial charge in [-0.2, -0.15) is 0 Å². The van der Waals surface area contributed by atoms with E-state index in [0.29, 0.717) is 19.5 Å². The van der Waals surface area contributed by atoms with Crippen LogP contribution in [0.25, 0.3) is 0 Å². The van der Waals surface area contributed by atoms with Gasteiger partial charge in [-0.1, -0.05) is 31.2 Å². The maximum Gasteiger partial charge on any atom is 0.320 e. The Bertz CT molecular complexity index is 527. The Morgan fingerprint density at radius 1 is 1.27 bits per heavy atom. The van der Waals surface area contributed by atoms with Crippen LogP contribution in [0.5, 0.6) is 0 Å². The zero-order chi connectivity index (χ0) is 16.1. The van der Waals surface area contributed by atoms with Gasteiger partial charge >= 0.3 is 5.97 Å². The van der Waals surface area contributed by atoms with Crippen LogP contribution >= 0.6 is 0 Å². The first kappa shape index (κ1) is 16.5. The van der Waals surface area contributed by atoms with Crippen LogP contribution in [0.1, 0.15) is 30.9 Å². The van der Waals surface area contributed by atoms with Crippen LogP contribution in [0.15, 0.2) is 24.3 Å². The highest BCUT2D eigenvalue weighted by molar-refractivity contribution is 5.80. The summed E-state index contributed by atoms with van der Waals surface area (Å²) >= 11 is 0. The van der Waals surface area contributed by atoms with E-state index in [9.17, 15) is 9.59 Å². The molecule has 1 atom stereocenters. The van der Waals surface area contributed by atoms with E-state index in [1.54, 1.807) is 16.8 Å². The van der Waals surface area contributed by atoms with E-state index in [2.05, 4.69) is 19.1 Å². The quantitative estimate of drug-likeness (QED) is 0.870. The van der Waals surface area contributed by atoms with Crippen molar-refractivity contribution in [3.63, 3.8) is 0 Å². The number of carbonyl (C=O) groups is 2. The van der Waals surface area contributed by atoms with Crippen LogP contribution < -0.4 is 0 Å². The number of aryl methyl sites for hydroxylation is 1. The largest absolute Gasteiger partial charge is 0.480 e. The molecule has 22 heavy (non-hydrogen) atoms. The molecule has 1 aliphatic rings. The lowest BCUT2D eigenvalue weighted by Crippen LogP contribution is -2.43. The number of carboxylic acid groups (broad SMARTS) is 1. The summed E-state index contributed by atoms with van der Waals surface area (Å²) in [5, 5.41) is 9.15. The molecule has 1 aromatic rings. The minimum Gasteiger partial charge on any atom is -0.480 e. The number of likely N-dealkylation sites (tertiary alicyclic amines) is 1. The predicted octanol–water partition coefficient (Wildman–Crippen LogP) is 1.76. The molecule has 1 aromatic carbocycles. The van der Waals surface area contributed by atoms with E-state index in [-0.39, 0.29) is 12.5 Å². The lowest BCUT2D eigenvalue weighted by molar-refractivity contribution is -0.143. The number of carboxylic acids is 1. The summed E-state index contributed by atoms with van der Waals surface area (Å²) in [4.78, 5) is 26.9. The fourth-order valence-corrected chi connectivity index (χ4v) is 2.83. The van der Waals surface area contributed by atoms with Crippen LogP contribution in [-0.2, 0) is 22.6 Å². The summed E-state index contributed by atoms with van der Waals surface area (Å²) in [5.41, 5.74) is 2.36. The standard InChI is InChI=1S/C17H24N2O3/c1-3-13-6-8-14(9-7-13)11-18(2)16(20)12-19-10-4-5-15(19)17(21)22/h6-9,15H,3-5,10-12H2,1-2H3,(H,21,22)/t15-/m1/s1. The van der Waals surface area contributed by atoms with Crippen molar-refractivity contribution in [3.8, 4) is 0 Å². The van der Waals surface area contributed by atoms with E-state index in [4.69, 9.17) is 5.11 Å². The Hall–Kier alpha value is -1.88. The number of benzene rings is 1. The highest BCUT2D eigenvalue weighted by Gasteiger charge is 2.32. The molecule has 5 nitrogen and oxygen atoms in total. The van der Waals surface area contributed by atoms with Gasteiger partial charge in [-0.25, -0.2) is 0 Å². The molecule has 1 aliphatic heterocycles.